The number of rotatable bonds is 6. The molecule has 3 aromatic rings. The van der Waals surface area contributed by atoms with Gasteiger partial charge < -0.3 is 5.11 Å². The Labute approximate surface area is 214 Å². The van der Waals surface area contributed by atoms with E-state index in [-0.39, 0.29) is 21.3 Å². The van der Waals surface area contributed by atoms with E-state index in [9.17, 15) is 18.3 Å². The van der Waals surface area contributed by atoms with Crippen molar-refractivity contribution < 1.29 is 18.3 Å². The molecule has 0 amide bonds. The van der Waals surface area contributed by atoms with Gasteiger partial charge in [-0.3, -0.25) is 4.72 Å². The fraction of sp³-hybridized carbons (Fsp3) is 0.367. The van der Waals surface area contributed by atoms with Crippen molar-refractivity contribution in [3.8, 4) is 0 Å². The molecule has 0 bridgehead atoms. The highest BCUT2D eigenvalue weighted by Crippen LogP contribution is 2.50. The first-order chi connectivity index (χ1) is 16.7. The van der Waals surface area contributed by atoms with Crippen LogP contribution in [0.2, 0.25) is 0 Å². The van der Waals surface area contributed by atoms with E-state index in [1.54, 1.807) is 36.4 Å². The molecular formula is C30H35NO4S. The van der Waals surface area contributed by atoms with Crippen LogP contribution in [0, 0.1) is 13.8 Å². The Morgan fingerprint density at radius 2 is 1.50 bits per heavy atom. The number of nitrogens with one attached hydrogen (secondary N) is 1. The number of hydrogen-bond acceptors (Lipinski definition) is 3. The van der Waals surface area contributed by atoms with E-state index in [0.717, 1.165) is 40.7 Å². The van der Waals surface area contributed by atoms with Crippen LogP contribution in [0.15, 0.2) is 59.5 Å². The zero-order valence-electron chi connectivity index (χ0n) is 21.9. The van der Waals surface area contributed by atoms with Gasteiger partial charge in [0.1, 0.15) is 0 Å². The number of carboxylic acid groups (broad SMARTS) is 1. The van der Waals surface area contributed by atoms with Crippen LogP contribution in [0.1, 0.15) is 84.3 Å². The summed E-state index contributed by atoms with van der Waals surface area (Å²) >= 11 is 0. The van der Waals surface area contributed by atoms with Gasteiger partial charge in [0.05, 0.1) is 16.1 Å². The zero-order valence-corrected chi connectivity index (χ0v) is 22.7. The van der Waals surface area contributed by atoms with Crippen LogP contribution in [0.4, 0.5) is 5.69 Å². The van der Waals surface area contributed by atoms with Crippen LogP contribution in [-0.2, 0) is 27.3 Å². The van der Waals surface area contributed by atoms with Crippen LogP contribution >= 0.6 is 0 Å². The SMILES string of the molecule is Cc1ccc(S(=O)(=O)Nc2c(C)c(Cc3ccc(C(=O)O)cc3)cc3c2C(C)(C)CCC3(C)C)cc1. The molecule has 190 valence electrons. The summed E-state index contributed by atoms with van der Waals surface area (Å²) in [5.74, 6) is -0.955. The molecular weight excluding hydrogens is 470 g/mol. The lowest BCUT2D eigenvalue weighted by Crippen LogP contribution is -2.36. The summed E-state index contributed by atoms with van der Waals surface area (Å²) in [7, 11) is -3.79. The van der Waals surface area contributed by atoms with Gasteiger partial charge in [0.2, 0.25) is 0 Å². The number of carboxylic acids is 1. The van der Waals surface area contributed by atoms with Gasteiger partial charge in [0, 0.05) is 0 Å². The lowest BCUT2D eigenvalue weighted by Gasteiger charge is -2.44. The third-order valence-corrected chi connectivity index (χ3v) is 9.00. The molecule has 0 aromatic heterocycles. The minimum atomic E-state index is -3.79. The second kappa shape index (κ2) is 9.07. The predicted octanol–water partition coefficient (Wildman–Crippen LogP) is 6.74. The first-order valence-corrected chi connectivity index (χ1v) is 13.8. The van der Waals surface area contributed by atoms with Gasteiger partial charge in [-0.25, -0.2) is 13.2 Å². The number of sulfonamides is 1. The molecule has 0 unspecified atom stereocenters. The van der Waals surface area contributed by atoms with Crippen molar-refractivity contribution in [2.45, 2.75) is 76.5 Å². The topological polar surface area (TPSA) is 83.5 Å². The van der Waals surface area contributed by atoms with E-state index in [2.05, 4.69) is 38.5 Å². The summed E-state index contributed by atoms with van der Waals surface area (Å²) < 4.78 is 30.0. The molecule has 0 fully saturated rings. The maximum Gasteiger partial charge on any atom is 0.335 e. The summed E-state index contributed by atoms with van der Waals surface area (Å²) in [5.41, 5.74) is 6.76. The molecule has 0 saturated heterocycles. The van der Waals surface area contributed by atoms with Crippen LogP contribution in [0.3, 0.4) is 0 Å². The van der Waals surface area contributed by atoms with Gasteiger partial charge >= 0.3 is 5.97 Å². The van der Waals surface area contributed by atoms with Crippen molar-refractivity contribution in [3.05, 3.63) is 93.5 Å². The Kier molecular flexibility index (Phi) is 6.54. The maximum absolute atomic E-state index is 13.5. The minimum Gasteiger partial charge on any atom is -0.478 e. The van der Waals surface area contributed by atoms with Crippen molar-refractivity contribution in [2.75, 3.05) is 4.72 Å². The molecule has 0 heterocycles. The Bertz CT molecular complexity index is 1420. The Balaban J connectivity index is 1.88. The molecule has 0 saturated carbocycles. The van der Waals surface area contributed by atoms with E-state index in [4.69, 9.17) is 0 Å². The van der Waals surface area contributed by atoms with Gasteiger partial charge in [-0.2, -0.15) is 0 Å². The normalized spacial score (nSPS) is 16.3. The molecule has 0 atom stereocenters. The third-order valence-electron chi connectivity index (χ3n) is 7.64. The second-order valence-electron chi connectivity index (χ2n) is 11.3. The monoisotopic (exact) mass is 505 g/mol. The lowest BCUT2D eigenvalue weighted by atomic mass is 9.62. The molecule has 0 aliphatic heterocycles. The molecule has 6 heteroatoms. The first-order valence-electron chi connectivity index (χ1n) is 12.3. The number of aryl methyl sites for hydroxylation is 1. The van der Waals surface area contributed by atoms with Crippen molar-refractivity contribution in [1.82, 2.24) is 0 Å². The van der Waals surface area contributed by atoms with E-state index in [1.165, 1.54) is 5.56 Å². The molecule has 0 radical (unpaired) electrons. The molecule has 0 spiro atoms. The van der Waals surface area contributed by atoms with Crippen LogP contribution in [0.25, 0.3) is 0 Å². The zero-order chi connectivity index (χ0) is 26.5. The highest BCUT2D eigenvalue weighted by Gasteiger charge is 2.40. The quantitative estimate of drug-likeness (QED) is 0.388. The highest BCUT2D eigenvalue weighted by atomic mass is 32.2. The smallest absolute Gasteiger partial charge is 0.335 e. The summed E-state index contributed by atoms with van der Waals surface area (Å²) in [6.07, 6.45) is 2.55. The van der Waals surface area contributed by atoms with Crippen molar-refractivity contribution >= 4 is 21.7 Å². The molecule has 1 aliphatic rings. The van der Waals surface area contributed by atoms with Crippen molar-refractivity contribution in [2.24, 2.45) is 0 Å². The predicted molar refractivity (Wildman–Crippen MR) is 145 cm³/mol. The fourth-order valence-electron chi connectivity index (χ4n) is 5.17. The Morgan fingerprint density at radius 3 is 2.08 bits per heavy atom. The van der Waals surface area contributed by atoms with Crippen LogP contribution in [0.5, 0.6) is 0 Å². The summed E-state index contributed by atoms with van der Waals surface area (Å²) in [6.45, 7) is 12.7. The number of fused-ring (bicyclic) bond motifs is 1. The first kappa shape index (κ1) is 26.0. The molecule has 5 nitrogen and oxygen atoms in total. The van der Waals surface area contributed by atoms with Gasteiger partial charge in [-0.05, 0) is 96.0 Å². The molecule has 36 heavy (non-hydrogen) atoms. The van der Waals surface area contributed by atoms with Crippen molar-refractivity contribution in [3.63, 3.8) is 0 Å². The van der Waals surface area contributed by atoms with E-state index < -0.39 is 16.0 Å². The number of benzene rings is 3. The number of carbonyl (C=O) groups is 1. The number of anilines is 1. The lowest BCUT2D eigenvalue weighted by molar-refractivity contribution is 0.0697. The standard InChI is InChI=1S/C30H35NO4S/c1-19-7-13-24(14-8-19)36(34,35)31-27-20(2)23(17-21-9-11-22(12-10-21)28(32)33)18-25-26(27)30(5,6)16-15-29(25,3)4/h7-14,18,31H,15-17H2,1-6H3,(H,32,33). The van der Waals surface area contributed by atoms with E-state index in [1.807, 2.05) is 26.0 Å². The van der Waals surface area contributed by atoms with Gasteiger partial charge in [-0.15, -0.1) is 0 Å². The molecule has 1 aliphatic carbocycles. The highest BCUT2D eigenvalue weighted by molar-refractivity contribution is 7.92. The van der Waals surface area contributed by atoms with E-state index in [0.29, 0.717) is 12.1 Å². The summed E-state index contributed by atoms with van der Waals surface area (Å²) in [4.78, 5) is 11.5. The molecule has 4 rings (SSSR count). The minimum absolute atomic E-state index is 0.107. The van der Waals surface area contributed by atoms with E-state index >= 15 is 0 Å². The third kappa shape index (κ3) is 4.92. The molecule has 2 N–H and O–H groups in total. The van der Waals surface area contributed by atoms with Crippen LogP contribution < -0.4 is 4.72 Å². The average Bonchev–Trinajstić information content (AvgIpc) is 2.80. The van der Waals surface area contributed by atoms with Gasteiger partial charge in [0.15, 0.2) is 0 Å². The number of hydrogen-bond donors (Lipinski definition) is 2. The largest absolute Gasteiger partial charge is 0.478 e. The maximum atomic E-state index is 13.5. The average molecular weight is 506 g/mol. The number of aromatic carboxylic acids is 1. The van der Waals surface area contributed by atoms with Gasteiger partial charge in [0.25, 0.3) is 10.0 Å². The summed E-state index contributed by atoms with van der Waals surface area (Å²) in [6, 6.07) is 16.0. The fourth-order valence-corrected chi connectivity index (χ4v) is 6.30. The molecule has 3 aromatic carbocycles. The van der Waals surface area contributed by atoms with Crippen LogP contribution in [-0.4, -0.2) is 19.5 Å². The Hall–Kier alpha value is -3.12. The summed E-state index contributed by atoms with van der Waals surface area (Å²) in [5, 5.41) is 9.24. The second-order valence-corrected chi connectivity index (χ2v) is 13.0. The van der Waals surface area contributed by atoms with Crippen molar-refractivity contribution in [1.29, 1.82) is 0 Å². The van der Waals surface area contributed by atoms with Gasteiger partial charge in [-0.1, -0.05) is 63.6 Å². The Morgan fingerprint density at radius 1 is 0.917 bits per heavy atom.